The molecule has 2 aromatic rings. The molecule has 1 aliphatic heterocycles. The molecule has 5 rings (SSSR count). The van der Waals surface area contributed by atoms with Crippen LogP contribution in [0.25, 0.3) is 11.1 Å². The SMILES string of the molecule is CN1C(=O)C(C)(O)c2ccc(-c3ccc(C[C@@H](C#N)NC(=O)[C@H]4C[C@@H]5CC[C@H]4C5)cc3)cc21. The number of rotatable bonds is 5. The summed E-state index contributed by atoms with van der Waals surface area (Å²) in [7, 11) is 1.67. The van der Waals surface area contributed by atoms with Gasteiger partial charge in [-0.15, -0.1) is 0 Å². The number of hydrogen-bond donors (Lipinski definition) is 2. The number of anilines is 1. The van der Waals surface area contributed by atoms with Gasteiger partial charge in [0.2, 0.25) is 5.91 Å². The third-order valence-corrected chi connectivity index (χ3v) is 7.88. The van der Waals surface area contributed by atoms with E-state index in [2.05, 4.69) is 11.4 Å². The molecule has 2 aliphatic carbocycles. The van der Waals surface area contributed by atoms with Crippen LogP contribution in [-0.2, 0) is 21.6 Å². The molecule has 170 valence electrons. The molecular weight excluding hydrogens is 414 g/mol. The van der Waals surface area contributed by atoms with E-state index >= 15 is 0 Å². The number of benzene rings is 2. The lowest BCUT2D eigenvalue weighted by Gasteiger charge is -2.22. The van der Waals surface area contributed by atoms with Crippen molar-refractivity contribution in [3.8, 4) is 17.2 Å². The molecule has 0 saturated heterocycles. The van der Waals surface area contributed by atoms with Crippen LogP contribution >= 0.6 is 0 Å². The lowest BCUT2D eigenvalue weighted by atomic mass is 9.88. The van der Waals surface area contributed by atoms with Gasteiger partial charge in [0.05, 0.1) is 11.8 Å². The topological polar surface area (TPSA) is 93.4 Å². The first-order valence-electron chi connectivity index (χ1n) is 11.7. The smallest absolute Gasteiger partial charge is 0.263 e. The molecule has 2 saturated carbocycles. The van der Waals surface area contributed by atoms with Gasteiger partial charge < -0.3 is 15.3 Å². The number of hydrogen-bond acceptors (Lipinski definition) is 4. The van der Waals surface area contributed by atoms with Crippen LogP contribution in [0.2, 0.25) is 0 Å². The number of nitrogens with zero attached hydrogens (tertiary/aromatic N) is 2. The van der Waals surface area contributed by atoms with Gasteiger partial charge >= 0.3 is 0 Å². The van der Waals surface area contributed by atoms with Crippen molar-refractivity contribution < 1.29 is 14.7 Å². The number of aliphatic hydroxyl groups is 1. The summed E-state index contributed by atoms with van der Waals surface area (Å²) in [5, 5.41) is 23.1. The van der Waals surface area contributed by atoms with Crippen LogP contribution in [0, 0.1) is 29.1 Å². The van der Waals surface area contributed by atoms with Crippen molar-refractivity contribution in [1.82, 2.24) is 5.32 Å². The molecule has 0 radical (unpaired) electrons. The highest BCUT2D eigenvalue weighted by Gasteiger charge is 2.45. The fourth-order valence-corrected chi connectivity index (χ4v) is 5.99. The molecule has 6 nitrogen and oxygen atoms in total. The summed E-state index contributed by atoms with van der Waals surface area (Å²) in [5.41, 5.74) is 2.72. The van der Waals surface area contributed by atoms with E-state index in [-0.39, 0.29) is 17.7 Å². The van der Waals surface area contributed by atoms with Gasteiger partial charge in [-0.1, -0.05) is 42.8 Å². The number of fused-ring (bicyclic) bond motifs is 3. The fraction of sp³-hybridized carbons (Fsp3) is 0.444. The lowest BCUT2D eigenvalue weighted by Crippen LogP contribution is -2.40. The highest BCUT2D eigenvalue weighted by atomic mass is 16.3. The van der Waals surface area contributed by atoms with Crippen LogP contribution in [0.3, 0.4) is 0 Å². The highest BCUT2D eigenvalue weighted by molar-refractivity contribution is 6.06. The summed E-state index contributed by atoms with van der Waals surface area (Å²) in [6.07, 6.45) is 5.00. The molecular formula is C27H29N3O3. The predicted octanol–water partition coefficient (Wildman–Crippen LogP) is 3.52. The highest BCUT2D eigenvalue weighted by Crippen LogP contribution is 2.48. The summed E-state index contributed by atoms with van der Waals surface area (Å²) in [5.74, 6) is 0.978. The van der Waals surface area contributed by atoms with Gasteiger partial charge in [0.15, 0.2) is 5.60 Å². The largest absolute Gasteiger partial charge is 0.375 e. The second-order valence-electron chi connectivity index (χ2n) is 10.0. The van der Waals surface area contributed by atoms with E-state index in [1.807, 2.05) is 36.4 Å². The monoisotopic (exact) mass is 443 g/mol. The molecule has 5 atom stereocenters. The fourth-order valence-electron chi connectivity index (χ4n) is 5.99. The maximum atomic E-state index is 12.7. The maximum absolute atomic E-state index is 12.7. The molecule has 0 aromatic heterocycles. The molecule has 1 heterocycles. The zero-order valence-corrected chi connectivity index (χ0v) is 19.0. The number of carbonyl (C=O) groups excluding carboxylic acids is 2. The minimum atomic E-state index is -1.50. The Morgan fingerprint density at radius 1 is 1.21 bits per heavy atom. The van der Waals surface area contributed by atoms with E-state index in [9.17, 15) is 20.0 Å². The van der Waals surface area contributed by atoms with Crippen molar-refractivity contribution in [2.45, 2.75) is 50.7 Å². The van der Waals surface area contributed by atoms with Gasteiger partial charge in [-0.3, -0.25) is 9.59 Å². The predicted molar refractivity (Wildman–Crippen MR) is 125 cm³/mol. The number of amides is 2. The minimum Gasteiger partial charge on any atom is -0.375 e. The number of nitriles is 1. The zero-order valence-electron chi connectivity index (χ0n) is 19.0. The van der Waals surface area contributed by atoms with Crippen molar-refractivity contribution in [1.29, 1.82) is 5.26 Å². The van der Waals surface area contributed by atoms with Gasteiger partial charge in [-0.2, -0.15) is 5.26 Å². The first kappa shape index (κ1) is 21.7. The van der Waals surface area contributed by atoms with Crippen LogP contribution in [0.15, 0.2) is 42.5 Å². The summed E-state index contributed by atoms with van der Waals surface area (Å²) in [6.45, 7) is 1.52. The Morgan fingerprint density at radius 2 is 1.94 bits per heavy atom. The summed E-state index contributed by atoms with van der Waals surface area (Å²) < 4.78 is 0. The first-order valence-corrected chi connectivity index (χ1v) is 11.7. The third-order valence-electron chi connectivity index (χ3n) is 7.88. The Bertz CT molecular complexity index is 1150. The maximum Gasteiger partial charge on any atom is 0.263 e. The molecule has 2 N–H and O–H groups in total. The van der Waals surface area contributed by atoms with E-state index in [1.165, 1.54) is 24.7 Å². The second-order valence-corrected chi connectivity index (χ2v) is 10.0. The standard InChI is InChI=1S/C27H29N3O3/c1-27(33)23-10-9-19(14-24(23)30(2)26(27)32)18-6-3-16(4-7-18)12-21(15-28)29-25(31)22-13-17-5-8-20(22)11-17/h3-4,6-7,9-10,14,17,20-22,33H,5,8,11-13H2,1-2H3,(H,29,31)/t17-,20+,21+,22+,27?/m1/s1. The van der Waals surface area contributed by atoms with E-state index in [0.29, 0.717) is 29.5 Å². The Kier molecular flexibility index (Phi) is 5.25. The normalized spacial score (nSPS) is 28.5. The van der Waals surface area contributed by atoms with Crippen LogP contribution in [0.1, 0.15) is 43.7 Å². The van der Waals surface area contributed by atoms with E-state index in [0.717, 1.165) is 29.5 Å². The number of nitrogens with one attached hydrogen (secondary N) is 1. The van der Waals surface area contributed by atoms with E-state index in [4.69, 9.17) is 0 Å². The van der Waals surface area contributed by atoms with Crippen molar-refractivity contribution in [3.63, 3.8) is 0 Å². The Balaban J connectivity index is 1.27. The zero-order chi connectivity index (χ0) is 23.3. The quantitative estimate of drug-likeness (QED) is 0.739. The molecule has 6 heteroatoms. The average molecular weight is 444 g/mol. The van der Waals surface area contributed by atoms with Crippen molar-refractivity contribution in [2.75, 3.05) is 11.9 Å². The van der Waals surface area contributed by atoms with Crippen LogP contribution in [0.5, 0.6) is 0 Å². The Hall–Kier alpha value is -3.17. The molecule has 1 unspecified atom stereocenters. The van der Waals surface area contributed by atoms with E-state index in [1.54, 1.807) is 13.1 Å². The molecule has 2 aromatic carbocycles. The Labute approximate surface area is 194 Å². The molecule has 33 heavy (non-hydrogen) atoms. The number of likely N-dealkylation sites (N-methyl/N-ethyl adjacent to an activating group) is 1. The van der Waals surface area contributed by atoms with Gasteiger partial charge in [-0.25, -0.2) is 0 Å². The van der Waals surface area contributed by atoms with Crippen molar-refractivity contribution in [2.24, 2.45) is 17.8 Å². The molecule has 0 spiro atoms. The van der Waals surface area contributed by atoms with Crippen LogP contribution in [-0.4, -0.2) is 30.0 Å². The number of carbonyl (C=O) groups is 2. The summed E-state index contributed by atoms with van der Waals surface area (Å²) in [6, 6.07) is 15.2. The summed E-state index contributed by atoms with van der Waals surface area (Å²) in [4.78, 5) is 26.5. The third kappa shape index (κ3) is 3.71. The van der Waals surface area contributed by atoms with Crippen LogP contribution < -0.4 is 10.2 Å². The van der Waals surface area contributed by atoms with Crippen molar-refractivity contribution >= 4 is 17.5 Å². The molecule has 3 aliphatic rings. The van der Waals surface area contributed by atoms with Gasteiger partial charge in [0.25, 0.3) is 5.91 Å². The lowest BCUT2D eigenvalue weighted by molar-refractivity contribution is -0.134. The summed E-state index contributed by atoms with van der Waals surface area (Å²) >= 11 is 0. The Morgan fingerprint density at radius 3 is 2.58 bits per heavy atom. The molecule has 2 bridgehead atoms. The van der Waals surface area contributed by atoms with Gasteiger partial charge in [0.1, 0.15) is 6.04 Å². The van der Waals surface area contributed by atoms with Gasteiger partial charge in [-0.05, 0) is 60.8 Å². The van der Waals surface area contributed by atoms with Crippen molar-refractivity contribution in [3.05, 3.63) is 53.6 Å². The second kappa shape index (κ2) is 8.00. The molecule has 2 amide bonds. The van der Waals surface area contributed by atoms with Crippen LogP contribution in [0.4, 0.5) is 5.69 Å². The molecule has 2 fully saturated rings. The minimum absolute atomic E-state index is 0.0399. The average Bonchev–Trinajstić information content (AvgIpc) is 3.50. The van der Waals surface area contributed by atoms with E-state index < -0.39 is 11.6 Å². The van der Waals surface area contributed by atoms with Gasteiger partial charge in [0, 0.05) is 24.9 Å². The first-order chi connectivity index (χ1) is 15.8.